The molecule has 0 amide bonds. The predicted octanol–water partition coefficient (Wildman–Crippen LogP) is 2.17. The number of hydrogen-bond acceptors (Lipinski definition) is 1. The van der Waals surface area contributed by atoms with Crippen LogP contribution in [0.3, 0.4) is 0 Å². The molecule has 0 aliphatic carbocycles. The van der Waals surface area contributed by atoms with Crippen molar-refractivity contribution >= 4 is 4.57 Å². The Balaban J connectivity index is 2.89. The molecule has 0 aromatic heterocycles. The Hall–Kier alpha value is -0.474. The van der Waals surface area contributed by atoms with Crippen LogP contribution in [0.4, 0.5) is 0 Å². The molecule has 0 atom stereocenters. The average Bonchev–Trinajstić information content (AvgIpc) is 2.04. The first kappa shape index (κ1) is 9.61. The fourth-order valence-electron chi connectivity index (χ4n) is 0.926. The van der Waals surface area contributed by atoms with E-state index in [9.17, 15) is 0 Å². The van der Waals surface area contributed by atoms with Gasteiger partial charge >= 0.3 is 83.0 Å². The van der Waals surface area contributed by atoms with Crippen molar-refractivity contribution in [1.82, 2.24) is 0 Å². The van der Waals surface area contributed by atoms with Crippen LogP contribution >= 0.6 is 0 Å². The van der Waals surface area contributed by atoms with Gasteiger partial charge in [0.05, 0.1) is 0 Å². The van der Waals surface area contributed by atoms with E-state index < -0.39 is 0 Å². The molecule has 66 valence electrons. The molecule has 0 aliphatic rings. The van der Waals surface area contributed by atoms with E-state index in [2.05, 4.69) is 10.6 Å². The Morgan fingerprint density at radius 1 is 1.33 bits per heavy atom. The topological polar surface area (TPSA) is 9.23 Å². The van der Waals surface area contributed by atoms with Crippen LogP contribution in [0.25, 0.3) is 0 Å². The Bertz CT molecular complexity index is 268. The van der Waals surface area contributed by atoms with E-state index in [4.69, 9.17) is 4.74 Å². The van der Waals surface area contributed by atoms with E-state index in [-0.39, 0.29) is 6.10 Å². The molecule has 1 aromatic carbocycles. The van der Waals surface area contributed by atoms with E-state index in [0.29, 0.717) is 0 Å². The van der Waals surface area contributed by atoms with Crippen molar-refractivity contribution in [2.45, 2.75) is 20.0 Å². The summed E-state index contributed by atoms with van der Waals surface area (Å²) in [5.41, 5.74) is 1.17. The van der Waals surface area contributed by atoms with Crippen LogP contribution in [-0.4, -0.2) is 10.7 Å². The SMILES string of the molecule is CC(C)Oc1ccccc1[CH]=[Os]. The van der Waals surface area contributed by atoms with Crippen molar-refractivity contribution in [3.63, 3.8) is 0 Å². The summed E-state index contributed by atoms with van der Waals surface area (Å²) in [6.45, 7) is 4.07. The number of para-hydroxylation sites is 1. The zero-order valence-corrected chi connectivity index (χ0v) is 9.77. The van der Waals surface area contributed by atoms with Crippen molar-refractivity contribution in [1.29, 1.82) is 0 Å². The molecular formula is C10H12OOs. The van der Waals surface area contributed by atoms with Gasteiger partial charge in [0.15, 0.2) is 0 Å². The second-order valence-corrected chi connectivity index (χ2v) is 3.54. The second kappa shape index (κ2) is 4.53. The molecule has 0 radical (unpaired) electrons. The van der Waals surface area contributed by atoms with Gasteiger partial charge in [0.25, 0.3) is 0 Å². The molecule has 0 saturated heterocycles. The Morgan fingerprint density at radius 2 is 2.00 bits per heavy atom. The molecule has 2 heteroatoms. The molecular weight excluding hydrogens is 326 g/mol. The zero-order chi connectivity index (χ0) is 8.97. The van der Waals surface area contributed by atoms with Crippen LogP contribution < -0.4 is 4.74 Å². The third-order valence-corrected chi connectivity index (χ3v) is 2.18. The van der Waals surface area contributed by atoms with Crippen molar-refractivity contribution < 1.29 is 22.9 Å². The van der Waals surface area contributed by atoms with Crippen LogP contribution in [0.15, 0.2) is 24.3 Å². The first-order valence-electron chi connectivity index (χ1n) is 3.91. The monoisotopic (exact) mass is 340 g/mol. The van der Waals surface area contributed by atoms with Gasteiger partial charge in [0, 0.05) is 0 Å². The first-order valence-corrected chi connectivity index (χ1v) is 5.38. The van der Waals surface area contributed by atoms with Crippen molar-refractivity contribution in [2.24, 2.45) is 0 Å². The normalized spacial score (nSPS) is 10.0. The van der Waals surface area contributed by atoms with E-state index in [1.807, 2.05) is 50.2 Å². The van der Waals surface area contributed by atoms with Crippen LogP contribution in [-0.2, 0) is 18.1 Å². The molecule has 0 saturated carbocycles. The fourth-order valence-corrected chi connectivity index (χ4v) is 1.53. The van der Waals surface area contributed by atoms with Gasteiger partial charge in [-0.3, -0.25) is 0 Å². The fraction of sp³-hybridized carbons (Fsp3) is 0.300. The quantitative estimate of drug-likeness (QED) is 0.821. The van der Waals surface area contributed by atoms with Crippen molar-refractivity contribution in [3.05, 3.63) is 29.8 Å². The maximum atomic E-state index is 5.61. The molecule has 1 aromatic rings. The second-order valence-electron chi connectivity index (χ2n) is 2.81. The molecule has 12 heavy (non-hydrogen) atoms. The average molecular weight is 338 g/mol. The van der Waals surface area contributed by atoms with Gasteiger partial charge in [0.1, 0.15) is 0 Å². The van der Waals surface area contributed by atoms with Gasteiger partial charge in [-0.05, 0) is 0 Å². The molecule has 0 spiro atoms. The van der Waals surface area contributed by atoms with Gasteiger partial charge in [-0.1, -0.05) is 0 Å². The van der Waals surface area contributed by atoms with Gasteiger partial charge < -0.3 is 0 Å². The summed E-state index contributed by atoms with van der Waals surface area (Å²) < 4.78 is 7.69. The summed E-state index contributed by atoms with van der Waals surface area (Å²) in [5.74, 6) is 0.975. The number of ether oxygens (including phenoxy) is 1. The van der Waals surface area contributed by atoms with E-state index in [0.717, 1.165) is 5.75 Å². The number of rotatable bonds is 3. The minimum absolute atomic E-state index is 0.245. The molecule has 0 N–H and O–H groups in total. The summed E-state index contributed by atoms with van der Waals surface area (Å²) in [4.78, 5) is 0. The van der Waals surface area contributed by atoms with E-state index in [1.165, 1.54) is 5.56 Å². The summed E-state index contributed by atoms with van der Waals surface area (Å²) in [6, 6.07) is 8.07. The summed E-state index contributed by atoms with van der Waals surface area (Å²) in [5, 5.41) is 0. The Kier molecular flexibility index (Phi) is 3.63. The molecule has 0 bridgehead atoms. The molecule has 0 heterocycles. The van der Waals surface area contributed by atoms with Crippen LogP contribution in [0.1, 0.15) is 19.4 Å². The van der Waals surface area contributed by atoms with Gasteiger partial charge in [-0.15, -0.1) is 0 Å². The van der Waals surface area contributed by atoms with Crippen LogP contribution in [0, 0.1) is 0 Å². The predicted molar refractivity (Wildman–Crippen MR) is 47.4 cm³/mol. The minimum atomic E-state index is 0.245. The summed E-state index contributed by atoms with van der Waals surface area (Å²) in [6.07, 6.45) is 0.245. The third-order valence-electron chi connectivity index (χ3n) is 1.39. The zero-order valence-electron chi connectivity index (χ0n) is 7.23. The molecule has 1 rings (SSSR count). The third kappa shape index (κ3) is 2.54. The van der Waals surface area contributed by atoms with Crippen molar-refractivity contribution in [2.75, 3.05) is 0 Å². The summed E-state index contributed by atoms with van der Waals surface area (Å²) >= 11 is 1.83. The van der Waals surface area contributed by atoms with Crippen molar-refractivity contribution in [3.8, 4) is 5.75 Å². The first-order chi connectivity index (χ1) is 5.74. The maximum absolute atomic E-state index is 5.61. The van der Waals surface area contributed by atoms with Crippen LogP contribution in [0.2, 0.25) is 0 Å². The Labute approximate surface area is 83.2 Å². The number of benzene rings is 1. The Morgan fingerprint density at radius 3 is 2.58 bits per heavy atom. The van der Waals surface area contributed by atoms with Gasteiger partial charge in [0.2, 0.25) is 0 Å². The number of hydrogen-bond donors (Lipinski definition) is 0. The standard InChI is InChI=1S/C10H12O.Os/c1-8(2)11-10-7-5-4-6-9(10)3;/h3-8H,1-2H3;. The van der Waals surface area contributed by atoms with Gasteiger partial charge in [-0.2, -0.15) is 0 Å². The van der Waals surface area contributed by atoms with Crippen LogP contribution in [0.5, 0.6) is 5.75 Å². The van der Waals surface area contributed by atoms with Gasteiger partial charge in [-0.25, -0.2) is 0 Å². The molecule has 0 aliphatic heterocycles. The molecule has 0 unspecified atom stereocenters. The summed E-state index contributed by atoms with van der Waals surface area (Å²) in [7, 11) is 0. The van der Waals surface area contributed by atoms with E-state index in [1.54, 1.807) is 0 Å². The molecule has 1 nitrogen and oxygen atoms in total. The molecule has 0 fully saturated rings. The van der Waals surface area contributed by atoms with E-state index >= 15 is 0 Å².